The number of hydrogen-bond acceptors (Lipinski definition) is 10. The minimum atomic E-state index is -1.06. The minimum absolute atomic E-state index is 0.116. The monoisotopic (exact) mass is 844 g/mol. The molecule has 16 nitrogen and oxygen atoms in total. The van der Waals surface area contributed by atoms with Crippen molar-refractivity contribution in [2.24, 2.45) is 11.8 Å². The number of carbonyl (C=O) groups is 4. The molecule has 1 unspecified atom stereocenters. The third-order valence-corrected chi connectivity index (χ3v) is 12.8. The summed E-state index contributed by atoms with van der Waals surface area (Å²) in [5.41, 5.74) is 5.57. The van der Waals surface area contributed by atoms with Crippen LogP contribution in [-0.4, -0.2) is 141 Å². The number of carbonyl (C=O) groups excluding carboxylic acids is 4. The molecule has 0 bridgehead atoms. The highest BCUT2D eigenvalue weighted by Gasteiger charge is 2.62. The van der Waals surface area contributed by atoms with Crippen LogP contribution in [0.25, 0.3) is 33.6 Å². The van der Waals surface area contributed by atoms with Crippen molar-refractivity contribution >= 4 is 55.4 Å². The van der Waals surface area contributed by atoms with E-state index in [0.29, 0.717) is 24.6 Å². The molecule has 62 heavy (non-hydrogen) atoms. The van der Waals surface area contributed by atoms with E-state index in [2.05, 4.69) is 49.9 Å². The molecule has 0 aliphatic carbocycles. The lowest BCUT2D eigenvalue weighted by Crippen LogP contribution is -2.54. The molecule has 0 radical (unpaired) electrons. The Morgan fingerprint density at radius 3 is 1.55 bits per heavy atom. The Labute approximate surface area is 366 Å². The second kappa shape index (κ2) is 17.4. The van der Waals surface area contributed by atoms with Crippen LogP contribution in [0.2, 0.25) is 0 Å². The summed E-state index contributed by atoms with van der Waals surface area (Å²) in [4.78, 5) is 72.0. The smallest absolute Gasteiger partial charge is 0.407 e. The molecule has 3 fully saturated rings. The van der Waals surface area contributed by atoms with Crippen LogP contribution in [-0.2, 0) is 28.5 Å². The highest BCUT2D eigenvalue weighted by atomic mass is 16.8. The van der Waals surface area contributed by atoms with Crippen LogP contribution in [0.5, 0.6) is 0 Å². The SMILES string of the molecule is BC1(B)OC2(C[C@@H](c3ncc(-c4ccc(-c5ccc(-c6cnc([C@@H]7CCCN7C(=O)C(NC(=O)OC)C(C)C)[nH]6)cc5)cc4)[nH]3)N(C(=O)[C@@H](NC(=O)OC)C(C)C)C2)OC1(B)B. The number of nitrogens with one attached hydrogen (secondary N) is 4. The Balaban J connectivity index is 1.06. The second-order valence-electron chi connectivity index (χ2n) is 18.2. The van der Waals surface area contributed by atoms with Crippen molar-refractivity contribution in [1.29, 1.82) is 0 Å². The van der Waals surface area contributed by atoms with Gasteiger partial charge in [0.05, 0.1) is 56.6 Å². The summed E-state index contributed by atoms with van der Waals surface area (Å²) >= 11 is 0. The van der Waals surface area contributed by atoms with E-state index in [4.69, 9.17) is 23.9 Å². The maximum absolute atomic E-state index is 14.3. The average molecular weight is 844 g/mol. The van der Waals surface area contributed by atoms with Crippen molar-refractivity contribution in [3.8, 4) is 33.6 Å². The predicted molar refractivity (Wildman–Crippen MR) is 243 cm³/mol. The third-order valence-electron chi connectivity index (χ3n) is 12.8. The van der Waals surface area contributed by atoms with Gasteiger partial charge >= 0.3 is 12.2 Å². The molecule has 324 valence electrons. The van der Waals surface area contributed by atoms with Crippen molar-refractivity contribution in [2.75, 3.05) is 27.3 Å². The molecule has 20 heteroatoms. The van der Waals surface area contributed by atoms with Crippen molar-refractivity contribution in [2.45, 2.75) is 87.7 Å². The van der Waals surface area contributed by atoms with Crippen LogP contribution in [0, 0.1) is 11.8 Å². The van der Waals surface area contributed by atoms with E-state index in [1.165, 1.54) is 14.2 Å². The predicted octanol–water partition coefficient (Wildman–Crippen LogP) is 1.42. The van der Waals surface area contributed by atoms with Crippen molar-refractivity contribution in [3.63, 3.8) is 0 Å². The molecule has 4 atom stereocenters. The van der Waals surface area contributed by atoms with Gasteiger partial charge in [-0.1, -0.05) is 76.2 Å². The lowest BCUT2D eigenvalue weighted by molar-refractivity contribution is -0.164. The fraction of sp³-hybridized carbons (Fsp3) is 0.476. The molecule has 4 aromatic rings. The second-order valence-corrected chi connectivity index (χ2v) is 18.2. The van der Waals surface area contributed by atoms with Gasteiger partial charge in [0.15, 0.2) is 5.79 Å². The van der Waals surface area contributed by atoms with Gasteiger partial charge in [0.1, 0.15) is 55.1 Å². The van der Waals surface area contributed by atoms with E-state index in [1.807, 2.05) is 83.3 Å². The third kappa shape index (κ3) is 8.76. The van der Waals surface area contributed by atoms with Gasteiger partial charge in [0.2, 0.25) is 11.8 Å². The first-order valence-corrected chi connectivity index (χ1v) is 21.4. The summed E-state index contributed by atoms with van der Waals surface area (Å²) in [5, 5.41) is 4.17. The zero-order chi connectivity index (χ0) is 44.7. The maximum Gasteiger partial charge on any atom is 0.407 e. The molecule has 3 aliphatic heterocycles. The molecule has 4 amide bonds. The van der Waals surface area contributed by atoms with Crippen LogP contribution in [0.3, 0.4) is 0 Å². The summed E-state index contributed by atoms with van der Waals surface area (Å²) in [5.74, 6) is -0.523. The van der Waals surface area contributed by atoms with E-state index in [-0.39, 0.29) is 36.2 Å². The molecule has 4 N–H and O–H groups in total. The van der Waals surface area contributed by atoms with Crippen LogP contribution in [0.1, 0.15) is 70.7 Å². The number of ether oxygens (including phenoxy) is 4. The standard InChI is InChI=1S/C42H56B4N8O8/c1-22(2)32(51-38(57)59-5)36(55)53-17-7-8-30(53)34-47-19-28(49-34)26-13-9-24(10-14-26)25-11-15-27(16-12-25)29-20-48-35(50-29)31-18-40(61-41(43,44)42(45,46)62-40)21-54(31)37(56)33(23(3)4)52-39(58)60-6/h9-16,19-20,22-23,30-33H,7-8,17-18,21,43-46H2,1-6H3,(H,47,49)(H,48,50)(H,51,57)(H,52,58)/t30-,31-,32?,33-/m0/s1. The van der Waals surface area contributed by atoms with Crippen molar-refractivity contribution in [3.05, 3.63) is 72.6 Å². The van der Waals surface area contributed by atoms with Gasteiger partial charge in [-0.25, -0.2) is 19.6 Å². The molecular weight excluding hydrogens is 788 g/mol. The van der Waals surface area contributed by atoms with E-state index < -0.39 is 46.9 Å². The molecule has 1 spiro atoms. The number of imidazole rings is 2. The van der Waals surface area contributed by atoms with Crippen LogP contribution in [0.4, 0.5) is 9.59 Å². The Kier molecular flexibility index (Phi) is 12.5. The Morgan fingerprint density at radius 2 is 1.11 bits per heavy atom. The molecule has 7 rings (SSSR count). The first kappa shape index (κ1) is 44.6. The number of aromatic amines is 2. The number of hydrogen-bond donors (Lipinski definition) is 4. The van der Waals surface area contributed by atoms with Gasteiger partial charge in [0.25, 0.3) is 0 Å². The largest absolute Gasteiger partial charge is 0.453 e. The number of rotatable bonds is 11. The lowest BCUT2D eigenvalue weighted by Gasteiger charge is -2.31. The summed E-state index contributed by atoms with van der Waals surface area (Å²) < 4.78 is 22.9. The van der Waals surface area contributed by atoms with Crippen LogP contribution < -0.4 is 10.6 Å². The zero-order valence-corrected chi connectivity index (χ0v) is 37.3. The van der Waals surface area contributed by atoms with Crippen LogP contribution >= 0.6 is 0 Å². The summed E-state index contributed by atoms with van der Waals surface area (Å²) in [6, 6.07) is 14.1. The molecule has 2 aromatic carbocycles. The Hall–Kier alpha value is -5.48. The molecule has 3 saturated heterocycles. The van der Waals surface area contributed by atoms with E-state index in [0.717, 1.165) is 46.5 Å². The Bertz CT molecular complexity index is 2270. The Morgan fingerprint density at radius 1 is 0.694 bits per heavy atom. The van der Waals surface area contributed by atoms with Gasteiger partial charge in [0, 0.05) is 23.8 Å². The number of benzene rings is 2. The zero-order valence-electron chi connectivity index (χ0n) is 37.3. The first-order chi connectivity index (χ1) is 29.4. The number of amides is 4. The van der Waals surface area contributed by atoms with E-state index in [9.17, 15) is 19.2 Å². The van der Waals surface area contributed by atoms with Gasteiger partial charge in [-0.2, -0.15) is 0 Å². The van der Waals surface area contributed by atoms with Gasteiger partial charge in [-0.3, -0.25) is 9.59 Å². The number of methoxy groups -OCH3 is 2. The first-order valence-electron chi connectivity index (χ1n) is 21.4. The number of alkyl carbamates (subject to hydrolysis) is 2. The summed E-state index contributed by atoms with van der Waals surface area (Å²) in [7, 11) is 10.5. The van der Waals surface area contributed by atoms with Crippen molar-refractivity contribution in [1.82, 2.24) is 40.4 Å². The molecular formula is C42H56B4N8O8. The molecule has 5 heterocycles. The molecule has 0 saturated carbocycles. The highest BCUT2D eigenvalue weighted by Crippen LogP contribution is 2.49. The highest BCUT2D eigenvalue weighted by molar-refractivity contribution is 6.53. The number of likely N-dealkylation sites (tertiary alicyclic amines) is 2. The molecule has 3 aliphatic rings. The quantitative estimate of drug-likeness (QED) is 0.161. The summed E-state index contributed by atoms with van der Waals surface area (Å²) in [6.45, 7) is 8.29. The number of aromatic nitrogens is 4. The van der Waals surface area contributed by atoms with Gasteiger partial charge < -0.3 is 49.3 Å². The fourth-order valence-electron chi connectivity index (χ4n) is 8.72. The number of nitrogens with zero attached hydrogens (tertiary/aromatic N) is 4. The fourth-order valence-corrected chi connectivity index (χ4v) is 8.72. The van der Waals surface area contributed by atoms with Crippen LogP contribution in [0.15, 0.2) is 60.9 Å². The minimum Gasteiger partial charge on any atom is -0.453 e. The van der Waals surface area contributed by atoms with Gasteiger partial charge in [-0.05, 0) is 46.9 Å². The van der Waals surface area contributed by atoms with Crippen molar-refractivity contribution < 1.29 is 38.1 Å². The molecule has 2 aromatic heterocycles. The van der Waals surface area contributed by atoms with E-state index in [1.54, 1.807) is 22.2 Å². The maximum atomic E-state index is 14.3. The van der Waals surface area contributed by atoms with E-state index >= 15 is 0 Å². The summed E-state index contributed by atoms with van der Waals surface area (Å²) in [6.07, 6.45) is 4.21. The topological polar surface area (TPSA) is 193 Å². The lowest BCUT2D eigenvalue weighted by atomic mass is 9.42. The average Bonchev–Trinajstić information content (AvgIpc) is 4.09. The van der Waals surface area contributed by atoms with Gasteiger partial charge in [-0.15, -0.1) is 0 Å². The normalized spacial score (nSPS) is 21.0. The number of H-pyrrole nitrogens is 2.